The fourth-order valence-electron chi connectivity index (χ4n) is 2.53. The highest BCUT2D eigenvalue weighted by atomic mass is 16.6. The van der Waals surface area contributed by atoms with Crippen LogP contribution in [-0.4, -0.2) is 31.2 Å². The molecule has 0 radical (unpaired) electrons. The van der Waals surface area contributed by atoms with E-state index in [1.165, 1.54) is 7.11 Å². The zero-order valence-corrected chi connectivity index (χ0v) is 14.4. The van der Waals surface area contributed by atoms with Crippen LogP contribution in [0.25, 0.3) is 0 Å². The Balaban J connectivity index is 2.07. The second-order valence-corrected chi connectivity index (χ2v) is 5.73. The number of allylic oxidation sites excluding steroid dienone is 1. The van der Waals surface area contributed by atoms with Crippen LogP contribution in [0.3, 0.4) is 0 Å². The van der Waals surface area contributed by atoms with Crippen molar-refractivity contribution >= 4 is 18.0 Å². The van der Waals surface area contributed by atoms with Gasteiger partial charge in [0.15, 0.2) is 0 Å². The summed E-state index contributed by atoms with van der Waals surface area (Å²) >= 11 is 0. The van der Waals surface area contributed by atoms with Crippen LogP contribution in [0.15, 0.2) is 41.7 Å². The third-order valence-electron chi connectivity index (χ3n) is 4.00. The van der Waals surface area contributed by atoms with Crippen molar-refractivity contribution in [1.29, 1.82) is 0 Å². The van der Waals surface area contributed by atoms with Crippen LogP contribution in [0.5, 0.6) is 0 Å². The minimum absolute atomic E-state index is 0.0798. The first kappa shape index (κ1) is 18.5. The van der Waals surface area contributed by atoms with E-state index in [-0.39, 0.29) is 13.0 Å². The molecular formula is C18H21NO6. The zero-order valence-electron chi connectivity index (χ0n) is 14.4. The molecule has 0 fully saturated rings. The van der Waals surface area contributed by atoms with Crippen molar-refractivity contribution in [2.75, 3.05) is 7.11 Å². The Morgan fingerprint density at radius 1 is 1.24 bits per heavy atom. The SMILES string of the molecule is COC(=O)CC1=C(C)OC(=O)[C@H](C)[C@@H]1NC(=O)OCc1ccccc1. The molecule has 1 aromatic rings. The fraction of sp³-hybridized carbons (Fsp3) is 0.389. The lowest BCUT2D eigenvalue weighted by atomic mass is 9.89. The summed E-state index contributed by atoms with van der Waals surface area (Å²) in [5.74, 6) is -1.31. The number of carbonyl (C=O) groups is 3. The van der Waals surface area contributed by atoms with Gasteiger partial charge in [-0.25, -0.2) is 4.79 Å². The van der Waals surface area contributed by atoms with Gasteiger partial charge in [0.1, 0.15) is 12.4 Å². The van der Waals surface area contributed by atoms with E-state index in [9.17, 15) is 14.4 Å². The van der Waals surface area contributed by atoms with E-state index >= 15 is 0 Å². The Bertz CT molecular complexity index is 682. The van der Waals surface area contributed by atoms with Crippen molar-refractivity contribution < 1.29 is 28.6 Å². The second kappa shape index (κ2) is 8.32. The Labute approximate surface area is 145 Å². The van der Waals surface area contributed by atoms with Gasteiger partial charge in [-0.15, -0.1) is 0 Å². The number of alkyl carbamates (subject to hydrolysis) is 1. The van der Waals surface area contributed by atoms with Crippen LogP contribution in [0, 0.1) is 5.92 Å². The molecule has 2 atom stereocenters. The van der Waals surface area contributed by atoms with Gasteiger partial charge in [-0.1, -0.05) is 30.3 Å². The molecule has 7 nitrogen and oxygen atoms in total. The highest BCUT2D eigenvalue weighted by Crippen LogP contribution is 2.28. The fourth-order valence-corrected chi connectivity index (χ4v) is 2.53. The number of hydrogen-bond acceptors (Lipinski definition) is 6. The van der Waals surface area contributed by atoms with E-state index < -0.39 is 30.0 Å². The van der Waals surface area contributed by atoms with E-state index in [1.807, 2.05) is 30.3 Å². The number of carbonyl (C=O) groups excluding carboxylic acids is 3. The summed E-state index contributed by atoms with van der Waals surface area (Å²) in [4.78, 5) is 35.6. The number of benzene rings is 1. The van der Waals surface area contributed by atoms with E-state index in [1.54, 1.807) is 13.8 Å². The maximum atomic E-state index is 12.1. The minimum Gasteiger partial charge on any atom is -0.469 e. The summed E-state index contributed by atoms with van der Waals surface area (Å²) in [6.07, 6.45) is -0.755. The molecule has 1 heterocycles. The third kappa shape index (κ3) is 4.82. The van der Waals surface area contributed by atoms with E-state index in [0.29, 0.717) is 11.3 Å². The molecule has 0 spiro atoms. The van der Waals surface area contributed by atoms with Crippen LogP contribution in [0.1, 0.15) is 25.8 Å². The van der Waals surface area contributed by atoms with Crippen molar-refractivity contribution in [3.8, 4) is 0 Å². The molecule has 1 amide bonds. The number of hydrogen-bond donors (Lipinski definition) is 1. The minimum atomic E-state index is -0.691. The van der Waals surface area contributed by atoms with Gasteiger partial charge in [-0.2, -0.15) is 0 Å². The largest absolute Gasteiger partial charge is 0.469 e. The Kier molecular flexibility index (Phi) is 6.16. The summed E-state index contributed by atoms with van der Waals surface area (Å²) in [6.45, 7) is 3.30. The summed E-state index contributed by atoms with van der Waals surface area (Å²) in [7, 11) is 1.27. The van der Waals surface area contributed by atoms with Gasteiger partial charge in [0.05, 0.1) is 25.5 Å². The number of esters is 2. The molecule has 1 N–H and O–H groups in total. The average molecular weight is 347 g/mol. The molecule has 0 unspecified atom stereocenters. The van der Waals surface area contributed by atoms with Gasteiger partial charge in [0, 0.05) is 5.57 Å². The summed E-state index contributed by atoms with van der Waals surface area (Å²) in [5, 5.41) is 2.65. The lowest BCUT2D eigenvalue weighted by Crippen LogP contribution is -2.47. The molecule has 0 aliphatic carbocycles. The van der Waals surface area contributed by atoms with E-state index in [4.69, 9.17) is 9.47 Å². The maximum absolute atomic E-state index is 12.1. The molecule has 1 aliphatic heterocycles. The van der Waals surface area contributed by atoms with E-state index in [2.05, 4.69) is 10.1 Å². The summed E-state index contributed by atoms with van der Waals surface area (Å²) in [6, 6.07) is 8.53. The van der Waals surface area contributed by atoms with Crippen LogP contribution in [0.4, 0.5) is 4.79 Å². The first-order valence-electron chi connectivity index (χ1n) is 7.87. The van der Waals surface area contributed by atoms with Gasteiger partial charge >= 0.3 is 18.0 Å². The topological polar surface area (TPSA) is 90.9 Å². The molecular weight excluding hydrogens is 326 g/mol. The van der Waals surface area contributed by atoms with Gasteiger partial charge < -0.3 is 19.5 Å². The standard InChI is InChI=1S/C18H21NO6/c1-11-16(14(9-15(20)23-3)12(2)25-17(11)21)19-18(22)24-10-13-7-5-4-6-8-13/h4-8,11,16H,9-10H2,1-3H3,(H,19,22)/t11-,16+/m1/s1. The lowest BCUT2D eigenvalue weighted by Gasteiger charge is -2.31. The normalized spacial score (nSPS) is 19.9. The van der Waals surface area contributed by atoms with Gasteiger partial charge in [-0.05, 0) is 19.4 Å². The van der Waals surface area contributed by atoms with Crippen LogP contribution in [0.2, 0.25) is 0 Å². The van der Waals surface area contributed by atoms with Gasteiger partial charge in [0.25, 0.3) is 0 Å². The quantitative estimate of drug-likeness (QED) is 0.649. The number of ether oxygens (including phenoxy) is 3. The Hall–Kier alpha value is -2.83. The predicted molar refractivity (Wildman–Crippen MR) is 88.1 cm³/mol. The van der Waals surface area contributed by atoms with Crippen molar-refractivity contribution in [3.63, 3.8) is 0 Å². The number of methoxy groups -OCH3 is 1. The second-order valence-electron chi connectivity index (χ2n) is 5.73. The molecule has 0 bridgehead atoms. The third-order valence-corrected chi connectivity index (χ3v) is 4.00. The summed E-state index contributed by atoms with van der Waals surface area (Å²) < 4.78 is 15.0. The monoisotopic (exact) mass is 347 g/mol. The molecule has 25 heavy (non-hydrogen) atoms. The lowest BCUT2D eigenvalue weighted by molar-refractivity contribution is -0.147. The molecule has 7 heteroatoms. The molecule has 0 aromatic heterocycles. The van der Waals surface area contributed by atoms with Gasteiger partial charge in [-0.3, -0.25) is 9.59 Å². The molecule has 0 saturated heterocycles. The number of rotatable bonds is 5. The Morgan fingerprint density at radius 3 is 2.56 bits per heavy atom. The van der Waals surface area contributed by atoms with Gasteiger partial charge in [0.2, 0.25) is 0 Å². The highest BCUT2D eigenvalue weighted by molar-refractivity contribution is 5.81. The number of nitrogens with one attached hydrogen (secondary N) is 1. The molecule has 1 aromatic carbocycles. The molecule has 2 rings (SSSR count). The molecule has 1 aliphatic rings. The number of amides is 1. The predicted octanol–water partition coefficient (Wildman–Crippen LogP) is 2.31. The van der Waals surface area contributed by atoms with E-state index in [0.717, 1.165) is 5.56 Å². The zero-order chi connectivity index (χ0) is 18.4. The summed E-state index contributed by atoms with van der Waals surface area (Å²) in [5.41, 5.74) is 1.34. The van der Waals surface area contributed by atoms with Crippen molar-refractivity contribution in [1.82, 2.24) is 5.32 Å². The molecule has 0 saturated carbocycles. The smallest absolute Gasteiger partial charge is 0.407 e. The Morgan fingerprint density at radius 2 is 1.92 bits per heavy atom. The van der Waals surface area contributed by atoms with Crippen LogP contribution < -0.4 is 5.32 Å². The van der Waals surface area contributed by atoms with Crippen LogP contribution >= 0.6 is 0 Å². The van der Waals surface area contributed by atoms with Crippen molar-refractivity contribution in [3.05, 3.63) is 47.2 Å². The average Bonchev–Trinajstić information content (AvgIpc) is 2.61. The first-order valence-corrected chi connectivity index (χ1v) is 7.87. The first-order chi connectivity index (χ1) is 11.9. The van der Waals surface area contributed by atoms with Crippen LogP contribution in [-0.2, 0) is 30.4 Å². The maximum Gasteiger partial charge on any atom is 0.407 e. The molecule has 134 valence electrons. The van der Waals surface area contributed by atoms with Crippen molar-refractivity contribution in [2.24, 2.45) is 5.92 Å². The number of cyclic esters (lactones) is 1. The van der Waals surface area contributed by atoms with Crippen molar-refractivity contribution in [2.45, 2.75) is 32.9 Å². The highest BCUT2D eigenvalue weighted by Gasteiger charge is 2.37.